The lowest BCUT2D eigenvalue weighted by atomic mass is 9.59. The molecule has 2 aromatic rings. The molecule has 36 heavy (non-hydrogen) atoms. The van der Waals surface area contributed by atoms with Gasteiger partial charge in [-0.05, 0) is 90.7 Å². The molecule has 0 bridgehead atoms. The Bertz CT molecular complexity index is 928. The number of hydrogen-bond acceptors (Lipinski definition) is 2. The Morgan fingerprint density at radius 3 is 2.08 bits per heavy atom. The van der Waals surface area contributed by atoms with Gasteiger partial charge in [0.15, 0.2) is 0 Å². The zero-order chi connectivity index (χ0) is 25.4. The van der Waals surface area contributed by atoms with Gasteiger partial charge in [-0.2, -0.15) is 0 Å². The van der Waals surface area contributed by atoms with Gasteiger partial charge in [-0.1, -0.05) is 103 Å². The van der Waals surface area contributed by atoms with E-state index in [0.717, 1.165) is 24.7 Å². The van der Waals surface area contributed by atoms with Crippen molar-refractivity contribution in [3.63, 3.8) is 0 Å². The van der Waals surface area contributed by atoms with Crippen LogP contribution in [0.5, 0.6) is 5.75 Å². The molecule has 2 aliphatic carbocycles. The number of carbonyl (C=O) groups is 1. The fourth-order valence-corrected chi connectivity index (χ4v) is 7.18. The fraction of sp³-hybridized carbons (Fsp3) is 0.618. The maximum atomic E-state index is 12.9. The van der Waals surface area contributed by atoms with E-state index < -0.39 is 0 Å². The predicted molar refractivity (Wildman–Crippen MR) is 151 cm³/mol. The third-order valence-electron chi connectivity index (χ3n) is 9.63. The van der Waals surface area contributed by atoms with Gasteiger partial charge >= 0.3 is 5.97 Å². The summed E-state index contributed by atoms with van der Waals surface area (Å²) in [5.41, 5.74) is 3.79. The van der Waals surface area contributed by atoms with Gasteiger partial charge in [-0.15, -0.1) is 0 Å². The molecular formula is C34H48O2. The summed E-state index contributed by atoms with van der Waals surface area (Å²) in [6.45, 7) is 6.95. The van der Waals surface area contributed by atoms with Gasteiger partial charge in [0.2, 0.25) is 0 Å². The van der Waals surface area contributed by atoms with E-state index in [1.165, 1.54) is 88.2 Å². The summed E-state index contributed by atoms with van der Waals surface area (Å²) >= 11 is 0. The zero-order valence-corrected chi connectivity index (χ0v) is 23.1. The van der Waals surface area contributed by atoms with Gasteiger partial charge in [0, 0.05) is 0 Å². The van der Waals surface area contributed by atoms with Crippen LogP contribution in [0.3, 0.4) is 0 Å². The van der Waals surface area contributed by atoms with Crippen LogP contribution < -0.4 is 4.74 Å². The van der Waals surface area contributed by atoms with E-state index >= 15 is 0 Å². The Balaban J connectivity index is 1.49. The Morgan fingerprint density at radius 2 is 1.50 bits per heavy atom. The second kappa shape index (κ2) is 12.9. The smallest absolute Gasteiger partial charge is 0.343 e. The molecule has 2 fully saturated rings. The summed E-state index contributed by atoms with van der Waals surface area (Å²) < 4.78 is 5.69. The molecule has 4 rings (SSSR count). The molecule has 0 spiro atoms. The van der Waals surface area contributed by atoms with E-state index in [4.69, 9.17) is 4.74 Å². The van der Waals surface area contributed by atoms with Gasteiger partial charge in [0.1, 0.15) is 5.75 Å². The summed E-state index contributed by atoms with van der Waals surface area (Å²) in [4.78, 5) is 12.9. The van der Waals surface area contributed by atoms with Gasteiger partial charge < -0.3 is 4.74 Å². The highest BCUT2D eigenvalue weighted by Crippen LogP contribution is 2.53. The van der Waals surface area contributed by atoms with Crippen molar-refractivity contribution in [3.8, 4) is 5.75 Å². The molecule has 2 aromatic carbocycles. The van der Waals surface area contributed by atoms with Crippen LogP contribution in [0.4, 0.5) is 0 Å². The van der Waals surface area contributed by atoms with Gasteiger partial charge in [-0.25, -0.2) is 4.79 Å². The molecule has 1 atom stereocenters. The molecule has 196 valence electrons. The number of aryl methyl sites for hydroxylation is 1. The normalized spacial score (nSPS) is 22.6. The molecule has 2 nitrogen and oxygen atoms in total. The highest BCUT2D eigenvalue weighted by molar-refractivity contribution is 5.91. The van der Waals surface area contributed by atoms with E-state index in [-0.39, 0.29) is 5.97 Å². The SMILES string of the molecule is CCCc1ccc(OC(=O)c2ccc(C(C[C@H]3CC[C@H](CC)CC3)C3(CC)CCCCC3)cc2)cc1. The van der Waals surface area contributed by atoms with E-state index in [1.54, 1.807) is 0 Å². The molecule has 2 aliphatic rings. The number of carbonyl (C=O) groups excluding carboxylic acids is 1. The maximum Gasteiger partial charge on any atom is 0.343 e. The molecule has 0 aromatic heterocycles. The van der Waals surface area contributed by atoms with Crippen LogP contribution in [0, 0.1) is 17.3 Å². The summed E-state index contributed by atoms with van der Waals surface area (Å²) in [6.07, 6.45) is 18.6. The van der Waals surface area contributed by atoms with Crippen LogP contribution in [-0.4, -0.2) is 5.97 Å². The van der Waals surface area contributed by atoms with Crippen molar-refractivity contribution in [3.05, 3.63) is 65.2 Å². The first kappa shape index (κ1) is 27.0. The molecule has 0 heterocycles. The van der Waals surface area contributed by atoms with E-state index in [0.29, 0.717) is 22.6 Å². The Labute approximate surface area is 220 Å². The first-order chi connectivity index (χ1) is 17.6. The molecule has 2 heteroatoms. The van der Waals surface area contributed by atoms with Crippen molar-refractivity contribution >= 4 is 5.97 Å². The minimum absolute atomic E-state index is 0.262. The number of hydrogen-bond donors (Lipinski definition) is 0. The number of rotatable bonds is 10. The third-order valence-corrected chi connectivity index (χ3v) is 9.63. The van der Waals surface area contributed by atoms with Crippen molar-refractivity contribution in [2.24, 2.45) is 17.3 Å². The summed E-state index contributed by atoms with van der Waals surface area (Å²) in [5.74, 6) is 2.76. The number of esters is 1. The Kier molecular flexibility index (Phi) is 9.68. The highest BCUT2D eigenvalue weighted by atomic mass is 16.5. The summed E-state index contributed by atoms with van der Waals surface area (Å²) in [7, 11) is 0. The van der Waals surface area contributed by atoms with Gasteiger partial charge in [-0.3, -0.25) is 0 Å². The largest absolute Gasteiger partial charge is 0.423 e. The topological polar surface area (TPSA) is 26.3 Å². The van der Waals surface area contributed by atoms with Crippen LogP contribution in [0.25, 0.3) is 0 Å². The van der Waals surface area contributed by atoms with Crippen LogP contribution in [0.15, 0.2) is 48.5 Å². The minimum Gasteiger partial charge on any atom is -0.423 e. The van der Waals surface area contributed by atoms with Gasteiger partial charge in [0.25, 0.3) is 0 Å². The monoisotopic (exact) mass is 488 g/mol. The van der Waals surface area contributed by atoms with E-state index in [1.807, 2.05) is 24.3 Å². The van der Waals surface area contributed by atoms with Crippen molar-refractivity contribution in [1.29, 1.82) is 0 Å². The zero-order valence-electron chi connectivity index (χ0n) is 23.1. The van der Waals surface area contributed by atoms with E-state index in [2.05, 4.69) is 45.0 Å². The standard InChI is InChI=1S/C34H48O2/c1-4-10-27-15-21-31(22-16-27)36-33(35)30-19-17-29(18-20-30)32(34(6-3)23-8-7-9-24-34)25-28-13-11-26(5-2)12-14-28/h15-22,26,28,32H,4-14,23-25H2,1-3H3/t26-,28-,32?. The number of benzene rings is 2. The molecule has 0 amide bonds. The second-order valence-electron chi connectivity index (χ2n) is 11.8. The lowest BCUT2D eigenvalue weighted by molar-refractivity contribution is 0.0734. The molecule has 0 N–H and O–H groups in total. The van der Waals surface area contributed by atoms with Gasteiger partial charge in [0.05, 0.1) is 5.56 Å². The molecule has 1 unspecified atom stereocenters. The minimum atomic E-state index is -0.262. The Morgan fingerprint density at radius 1 is 0.861 bits per heavy atom. The van der Waals surface area contributed by atoms with Crippen LogP contribution in [-0.2, 0) is 6.42 Å². The highest BCUT2D eigenvalue weighted by Gasteiger charge is 2.40. The molecule has 0 aliphatic heterocycles. The summed E-state index contributed by atoms with van der Waals surface area (Å²) in [6, 6.07) is 16.4. The summed E-state index contributed by atoms with van der Waals surface area (Å²) in [5, 5.41) is 0. The lowest BCUT2D eigenvalue weighted by Gasteiger charge is -2.45. The van der Waals surface area contributed by atoms with E-state index in [9.17, 15) is 4.79 Å². The lowest BCUT2D eigenvalue weighted by Crippen LogP contribution is -2.33. The molecule has 2 saturated carbocycles. The quantitative estimate of drug-likeness (QED) is 0.246. The average molecular weight is 489 g/mol. The average Bonchev–Trinajstić information content (AvgIpc) is 2.94. The van der Waals surface area contributed by atoms with Crippen LogP contribution in [0.2, 0.25) is 0 Å². The van der Waals surface area contributed by atoms with Crippen molar-refractivity contribution in [2.45, 2.75) is 117 Å². The molecule has 0 saturated heterocycles. The fourth-order valence-electron chi connectivity index (χ4n) is 7.18. The molecular weight excluding hydrogens is 440 g/mol. The van der Waals surface area contributed by atoms with Crippen LogP contribution >= 0.6 is 0 Å². The Hall–Kier alpha value is -2.09. The van der Waals surface area contributed by atoms with Crippen molar-refractivity contribution in [1.82, 2.24) is 0 Å². The maximum absolute atomic E-state index is 12.9. The first-order valence-electron chi connectivity index (χ1n) is 15.0. The van der Waals surface area contributed by atoms with Crippen molar-refractivity contribution in [2.75, 3.05) is 0 Å². The van der Waals surface area contributed by atoms with Crippen LogP contribution in [0.1, 0.15) is 132 Å². The van der Waals surface area contributed by atoms with Crippen molar-refractivity contribution < 1.29 is 9.53 Å². The molecule has 0 radical (unpaired) electrons. The predicted octanol–water partition coefficient (Wildman–Crippen LogP) is 9.91. The third kappa shape index (κ3) is 6.61. The number of ether oxygens (including phenoxy) is 1. The second-order valence-corrected chi connectivity index (χ2v) is 11.8. The first-order valence-corrected chi connectivity index (χ1v) is 15.0.